The molecular weight excluding hydrogens is 358 g/mol. The van der Waals surface area contributed by atoms with Gasteiger partial charge in [0.1, 0.15) is 5.70 Å². The third-order valence-corrected chi connectivity index (χ3v) is 5.49. The molecule has 0 fully saturated rings. The summed E-state index contributed by atoms with van der Waals surface area (Å²) in [4.78, 5) is 26.0. The molecule has 0 bridgehead atoms. The van der Waals surface area contributed by atoms with Crippen LogP contribution in [0.1, 0.15) is 6.92 Å². The highest BCUT2D eigenvalue weighted by atomic mass is 32.2. The van der Waals surface area contributed by atoms with E-state index >= 15 is 0 Å². The molecule has 138 valence electrons. The monoisotopic (exact) mass is 377 g/mol. The van der Waals surface area contributed by atoms with Crippen molar-refractivity contribution < 1.29 is 27.5 Å². The fourth-order valence-electron chi connectivity index (χ4n) is 2.35. The summed E-state index contributed by atoms with van der Waals surface area (Å²) in [5.41, 5.74) is 0.479. The van der Waals surface area contributed by atoms with Crippen molar-refractivity contribution in [3.05, 3.63) is 60.0 Å². The van der Waals surface area contributed by atoms with Crippen LogP contribution >= 0.6 is 0 Å². The van der Waals surface area contributed by atoms with Crippen molar-refractivity contribution in [2.75, 3.05) is 24.9 Å². The van der Waals surface area contributed by atoms with Gasteiger partial charge in [-0.1, -0.05) is 13.0 Å². The van der Waals surface area contributed by atoms with E-state index in [4.69, 9.17) is 9.47 Å². The average Bonchev–Trinajstić information content (AvgIpc) is 2.89. The number of rotatable bonds is 5. The van der Waals surface area contributed by atoms with E-state index in [0.29, 0.717) is 5.69 Å². The van der Waals surface area contributed by atoms with Crippen LogP contribution in [0.5, 0.6) is 0 Å². The number of nitrogens with zero attached hydrogens (tertiary/aromatic N) is 1. The Kier molecular flexibility index (Phi) is 5.99. The number of sulfone groups is 1. The quantitative estimate of drug-likeness (QED) is 0.725. The molecule has 7 nitrogen and oxygen atoms in total. The van der Waals surface area contributed by atoms with Crippen molar-refractivity contribution >= 4 is 27.5 Å². The minimum absolute atomic E-state index is 0.0142. The summed E-state index contributed by atoms with van der Waals surface area (Å²) in [7, 11) is -0.923. The Morgan fingerprint density at radius 3 is 2.15 bits per heavy atom. The highest BCUT2D eigenvalue weighted by Gasteiger charge is 2.27. The van der Waals surface area contributed by atoms with E-state index < -0.39 is 21.8 Å². The van der Waals surface area contributed by atoms with Crippen LogP contribution in [0.15, 0.2) is 64.9 Å². The number of methoxy groups -OCH3 is 2. The first-order valence-electron chi connectivity index (χ1n) is 7.73. The molecular formula is C18H19NO6S. The van der Waals surface area contributed by atoms with Crippen molar-refractivity contribution in [3.8, 4) is 0 Å². The Balaban J connectivity index is 2.58. The maximum atomic E-state index is 12.3. The van der Waals surface area contributed by atoms with Crippen LogP contribution in [-0.4, -0.2) is 40.3 Å². The van der Waals surface area contributed by atoms with Crippen molar-refractivity contribution in [1.82, 2.24) is 0 Å². The van der Waals surface area contributed by atoms with Gasteiger partial charge in [0.05, 0.1) is 30.4 Å². The summed E-state index contributed by atoms with van der Waals surface area (Å²) in [5.74, 6) is -1.44. The smallest absolute Gasteiger partial charge is 0.355 e. The Hall–Kier alpha value is -2.87. The molecule has 26 heavy (non-hydrogen) atoms. The van der Waals surface area contributed by atoms with Gasteiger partial charge in [0.15, 0.2) is 9.84 Å². The molecule has 1 aromatic rings. The molecule has 0 unspecified atom stereocenters. The van der Waals surface area contributed by atoms with Gasteiger partial charge in [-0.3, -0.25) is 0 Å². The van der Waals surface area contributed by atoms with Crippen LogP contribution in [0, 0.1) is 0 Å². The summed E-state index contributed by atoms with van der Waals surface area (Å²) in [5, 5.41) is 0. The second kappa shape index (κ2) is 8.01. The summed E-state index contributed by atoms with van der Waals surface area (Å²) < 4.78 is 33.5. The van der Waals surface area contributed by atoms with Gasteiger partial charge in [0.2, 0.25) is 0 Å². The first-order valence-corrected chi connectivity index (χ1v) is 9.38. The molecule has 0 atom stereocenters. The zero-order valence-corrected chi connectivity index (χ0v) is 15.4. The molecule has 0 N–H and O–H groups in total. The third kappa shape index (κ3) is 3.85. The van der Waals surface area contributed by atoms with E-state index in [1.54, 1.807) is 37.4 Å². The summed E-state index contributed by atoms with van der Waals surface area (Å²) >= 11 is 0. The number of allylic oxidation sites excluding steroid dienone is 2. The molecule has 0 radical (unpaired) electrons. The lowest BCUT2D eigenvalue weighted by Gasteiger charge is -2.23. The molecule has 1 heterocycles. The summed E-state index contributed by atoms with van der Waals surface area (Å²) in [6.07, 6.45) is 6.24. The normalized spacial score (nSPS) is 14.2. The first-order chi connectivity index (χ1) is 12.4. The summed E-state index contributed by atoms with van der Waals surface area (Å²) in [6.45, 7) is 1.56. The molecule has 2 rings (SSSR count). The molecule has 0 aliphatic carbocycles. The maximum absolute atomic E-state index is 12.3. The van der Waals surface area contributed by atoms with Crippen molar-refractivity contribution in [3.63, 3.8) is 0 Å². The van der Waals surface area contributed by atoms with E-state index in [1.165, 1.54) is 37.3 Å². The van der Waals surface area contributed by atoms with Gasteiger partial charge in [-0.2, -0.15) is 0 Å². The van der Waals surface area contributed by atoms with Crippen molar-refractivity contribution in [1.29, 1.82) is 0 Å². The number of esters is 2. The van der Waals surface area contributed by atoms with Gasteiger partial charge in [0.25, 0.3) is 0 Å². The molecule has 8 heteroatoms. The lowest BCUT2D eigenvalue weighted by Crippen LogP contribution is -2.27. The van der Waals surface area contributed by atoms with E-state index in [-0.39, 0.29) is 21.9 Å². The van der Waals surface area contributed by atoms with Gasteiger partial charge in [-0.25, -0.2) is 18.0 Å². The topological polar surface area (TPSA) is 90.0 Å². The van der Waals surface area contributed by atoms with E-state index in [9.17, 15) is 18.0 Å². The average molecular weight is 377 g/mol. The van der Waals surface area contributed by atoms with Gasteiger partial charge < -0.3 is 14.4 Å². The van der Waals surface area contributed by atoms with Crippen molar-refractivity contribution in [2.24, 2.45) is 0 Å². The van der Waals surface area contributed by atoms with Gasteiger partial charge >= 0.3 is 11.9 Å². The van der Waals surface area contributed by atoms with E-state index in [1.807, 2.05) is 0 Å². The predicted octanol–water partition coefficient (Wildman–Crippen LogP) is 1.97. The standard InChI is InChI=1S/C18H19NO6S/c1-4-26(22,23)14-10-8-13(9-11-14)19-12-6-5-7-15(17(20)24-2)16(19)18(21)25-3/h5-12H,4H2,1-3H3. The molecule has 0 aromatic heterocycles. The van der Waals surface area contributed by atoms with Crippen LogP contribution in [-0.2, 0) is 28.9 Å². The van der Waals surface area contributed by atoms with Gasteiger partial charge in [-0.15, -0.1) is 0 Å². The predicted molar refractivity (Wildman–Crippen MR) is 96.0 cm³/mol. The molecule has 0 saturated heterocycles. The first kappa shape index (κ1) is 19.5. The number of anilines is 1. The third-order valence-electron chi connectivity index (χ3n) is 3.74. The highest BCUT2D eigenvalue weighted by Crippen LogP contribution is 2.27. The van der Waals surface area contributed by atoms with Crippen LogP contribution in [0.2, 0.25) is 0 Å². The Labute approximate surface area is 152 Å². The highest BCUT2D eigenvalue weighted by molar-refractivity contribution is 7.91. The lowest BCUT2D eigenvalue weighted by molar-refractivity contribution is -0.139. The van der Waals surface area contributed by atoms with Crippen molar-refractivity contribution in [2.45, 2.75) is 11.8 Å². The number of carbonyl (C=O) groups excluding carboxylic acids is 2. The minimum Gasteiger partial charge on any atom is -0.465 e. The SMILES string of the molecule is CCS(=O)(=O)c1ccc(N2C=CC=CC(C(=O)OC)=C2C(=O)OC)cc1. The summed E-state index contributed by atoms with van der Waals surface area (Å²) in [6, 6.07) is 6.01. The van der Waals surface area contributed by atoms with Crippen LogP contribution in [0.25, 0.3) is 0 Å². The molecule has 1 aromatic carbocycles. The number of carbonyl (C=O) groups is 2. The van der Waals surface area contributed by atoms with E-state index in [0.717, 1.165) is 0 Å². The zero-order chi connectivity index (χ0) is 19.3. The fraction of sp³-hybridized carbons (Fsp3) is 0.222. The number of ether oxygens (including phenoxy) is 2. The Bertz CT molecular complexity index is 894. The molecule has 0 spiro atoms. The number of hydrogen-bond acceptors (Lipinski definition) is 7. The van der Waals surface area contributed by atoms with Crippen LogP contribution in [0.4, 0.5) is 5.69 Å². The Morgan fingerprint density at radius 2 is 1.62 bits per heavy atom. The molecule has 0 saturated carbocycles. The van der Waals surface area contributed by atoms with E-state index in [2.05, 4.69) is 0 Å². The second-order valence-electron chi connectivity index (χ2n) is 5.21. The van der Waals surface area contributed by atoms with Crippen LogP contribution < -0.4 is 4.90 Å². The Morgan fingerprint density at radius 1 is 1.00 bits per heavy atom. The number of benzene rings is 1. The lowest BCUT2D eigenvalue weighted by atomic mass is 10.1. The molecule has 0 amide bonds. The molecule has 1 aliphatic rings. The van der Waals surface area contributed by atoms with Gasteiger partial charge in [0, 0.05) is 11.9 Å². The molecule has 1 aliphatic heterocycles. The van der Waals surface area contributed by atoms with Crippen LogP contribution in [0.3, 0.4) is 0 Å². The number of hydrogen-bond donors (Lipinski definition) is 0. The zero-order valence-electron chi connectivity index (χ0n) is 14.6. The maximum Gasteiger partial charge on any atom is 0.355 e. The minimum atomic E-state index is -3.34. The fourth-order valence-corrected chi connectivity index (χ4v) is 3.23. The largest absolute Gasteiger partial charge is 0.465 e. The van der Waals surface area contributed by atoms with Gasteiger partial charge in [-0.05, 0) is 36.4 Å². The second-order valence-corrected chi connectivity index (χ2v) is 7.49.